The molecule has 0 spiro atoms. The van der Waals surface area contributed by atoms with E-state index >= 15 is 0 Å². The minimum atomic E-state index is -1.42. The second-order valence-corrected chi connectivity index (χ2v) is 11.8. The van der Waals surface area contributed by atoms with Crippen molar-refractivity contribution in [1.82, 2.24) is 0 Å². The van der Waals surface area contributed by atoms with Crippen LogP contribution in [0.4, 0.5) is 0 Å². The fraction of sp³-hybridized carbons (Fsp3) is 1.00. The van der Waals surface area contributed by atoms with Crippen LogP contribution >= 0.6 is 0 Å². The minimum Gasteiger partial charge on any atom is -0.414 e. The van der Waals surface area contributed by atoms with Gasteiger partial charge in [-0.15, -0.1) is 0 Å². The molecule has 0 aromatic carbocycles. The monoisotopic (exact) mass is 270 g/mol. The second kappa shape index (κ2) is 6.56. The molecule has 1 aliphatic carbocycles. The Morgan fingerprint density at radius 2 is 1.33 bits per heavy atom. The van der Waals surface area contributed by atoms with Crippen molar-refractivity contribution in [2.24, 2.45) is 23.7 Å². The number of rotatable bonds is 6. The molecule has 108 valence electrons. The van der Waals surface area contributed by atoms with Crippen LogP contribution in [0.5, 0.6) is 0 Å². The van der Waals surface area contributed by atoms with Gasteiger partial charge in [-0.25, -0.2) is 0 Å². The maximum atomic E-state index is 6.61. The first-order valence-corrected chi connectivity index (χ1v) is 11.4. The molecule has 1 saturated carbocycles. The molecule has 1 rings (SSSR count). The Kier molecular flexibility index (Phi) is 5.92. The summed E-state index contributed by atoms with van der Waals surface area (Å²) in [7, 11) is -1.42. The molecule has 0 aromatic rings. The third-order valence-corrected chi connectivity index (χ3v) is 5.90. The van der Waals surface area contributed by atoms with Crippen LogP contribution in [0.2, 0.25) is 19.6 Å². The van der Waals surface area contributed by atoms with Crippen LogP contribution in [0.1, 0.15) is 53.4 Å². The first-order chi connectivity index (χ1) is 8.30. The molecule has 0 saturated heterocycles. The Hall–Kier alpha value is 0.177. The SMILES string of the molecule is CCC(C)C1CCC(C(C)CC)C1O[Si](C)(C)C. The van der Waals surface area contributed by atoms with Gasteiger partial charge in [0.1, 0.15) is 0 Å². The summed E-state index contributed by atoms with van der Waals surface area (Å²) in [4.78, 5) is 0. The van der Waals surface area contributed by atoms with E-state index in [1.807, 2.05) is 0 Å². The zero-order valence-electron chi connectivity index (χ0n) is 13.6. The third kappa shape index (κ3) is 4.09. The van der Waals surface area contributed by atoms with Crippen molar-refractivity contribution in [3.8, 4) is 0 Å². The van der Waals surface area contributed by atoms with E-state index in [0.717, 1.165) is 23.7 Å². The zero-order chi connectivity index (χ0) is 13.9. The number of hydrogen-bond donors (Lipinski definition) is 0. The van der Waals surface area contributed by atoms with Crippen LogP contribution in [0.25, 0.3) is 0 Å². The molecule has 18 heavy (non-hydrogen) atoms. The van der Waals surface area contributed by atoms with E-state index in [1.165, 1.54) is 25.7 Å². The standard InChI is InChI=1S/C16H34OSi/c1-8-12(3)14-10-11-15(13(4)9-2)16(14)17-18(5,6)7/h12-16H,8-11H2,1-7H3. The van der Waals surface area contributed by atoms with Crippen molar-refractivity contribution >= 4 is 8.32 Å². The molecule has 1 aliphatic rings. The summed E-state index contributed by atoms with van der Waals surface area (Å²) in [6, 6.07) is 0. The Bertz CT molecular complexity index is 228. The van der Waals surface area contributed by atoms with Gasteiger partial charge in [0.25, 0.3) is 0 Å². The largest absolute Gasteiger partial charge is 0.414 e. The Morgan fingerprint density at radius 3 is 1.61 bits per heavy atom. The Morgan fingerprint density at radius 1 is 0.944 bits per heavy atom. The highest BCUT2D eigenvalue weighted by atomic mass is 28.4. The topological polar surface area (TPSA) is 9.23 Å². The van der Waals surface area contributed by atoms with E-state index in [2.05, 4.69) is 47.3 Å². The van der Waals surface area contributed by atoms with E-state index in [4.69, 9.17) is 4.43 Å². The first kappa shape index (κ1) is 16.2. The highest BCUT2D eigenvalue weighted by molar-refractivity contribution is 6.69. The van der Waals surface area contributed by atoms with Gasteiger partial charge < -0.3 is 4.43 Å². The summed E-state index contributed by atoms with van der Waals surface area (Å²) < 4.78 is 6.61. The lowest BCUT2D eigenvalue weighted by atomic mass is 9.83. The fourth-order valence-electron chi connectivity index (χ4n) is 3.44. The molecule has 4 atom stereocenters. The van der Waals surface area contributed by atoms with Gasteiger partial charge in [0.15, 0.2) is 8.32 Å². The third-order valence-electron chi connectivity index (χ3n) is 4.92. The van der Waals surface area contributed by atoms with Crippen LogP contribution in [0, 0.1) is 23.7 Å². The Labute approximate surface area is 116 Å². The van der Waals surface area contributed by atoms with Crippen LogP contribution in [0.15, 0.2) is 0 Å². The van der Waals surface area contributed by atoms with Gasteiger partial charge >= 0.3 is 0 Å². The second-order valence-electron chi connectivity index (χ2n) is 7.37. The quantitative estimate of drug-likeness (QED) is 0.593. The molecule has 0 bridgehead atoms. The maximum absolute atomic E-state index is 6.61. The molecule has 4 unspecified atom stereocenters. The van der Waals surface area contributed by atoms with Crippen molar-refractivity contribution in [2.45, 2.75) is 79.1 Å². The minimum absolute atomic E-state index is 0.543. The van der Waals surface area contributed by atoms with Crippen LogP contribution < -0.4 is 0 Å². The lowest BCUT2D eigenvalue weighted by Crippen LogP contribution is -2.40. The molecule has 0 radical (unpaired) electrons. The van der Waals surface area contributed by atoms with Crippen LogP contribution in [-0.4, -0.2) is 14.4 Å². The lowest BCUT2D eigenvalue weighted by Gasteiger charge is -2.36. The van der Waals surface area contributed by atoms with E-state index < -0.39 is 8.32 Å². The van der Waals surface area contributed by atoms with E-state index in [0.29, 0.717) is 6.10 Å². The maximum Gasteiger partial charge on any atom is 0.184 e. The molecular formula is C16H34OSi. The predicted octanol–water partition coefficient (Wildman–Crippen LogP) is 5.32. The van der Waals surface area contributed by atoms with E-state index in [1.54, 1.807) is 0 Å². The summed E-state index contributed by atoms with van der Waals surface area (Å²) in [5.74, 6) is 3.25. The fourth-order valence-corrected chi connectivity index (χ4v) is 4.60. The molecule has 1 nitrogen and oxygen atoms in total. The lowest BCUT2D eigenvalue weighted by molar-refractivity contribution is 0.0622. The molecule has 0 heterocycles. The van der Waals surface area contributed by atoms with Gasteiger partial charge in [0, 0.05) is 0 Å². The molecule has 0 amide bonds. The van der Waals surface area contributed by atoms with Gasteiger partial charge in [-0.1, -0.05) is 40.5 Å². The molecule has 1 fully saturated rings. The summed E-state index contributed by atoms with van der Waals surface area (Å²) in [6.07, 6.45) is 5.91. The van der Waals surface area contributed by atoms with Gasteiger partial charge in [0.05, 0.1) is 6.10 Å². The normalized spacial score (nSPS) is 32.5. The summed E-state index contributed by atoms with van der Waals surface area (Å²) in [6.45, 7) is 16.5. The molecule has 2 heteroatoms. The molecular weight excluding hydrogens is 236 g/mol. The average molecular weight is 271 g/mol. The van der Waals surface area contributed by atoms with E-state index in [-0.39, 0.29) is 0 Å². The molecule has 0 aliphatic heterocycles. The summed E-state index contributed by atoms with van der Waals surface area (Å²) >= 11 is 0. The summed E-state index contributed by atoms with van der Waals surface area (Å²) in [5, 5.41) is 0. The highest BCUT2D eigenvalue weighted by Crippen LogP contribution is 2.44. The first-order valence-electron chi connectivity index (χ1n) is 7.98. The predicted molar refractivity (Wildman–Crippen MR) is 83.3 cm³/mol. The van der Waals surface area contributed by atoms with Gasteiger partial charge in [-0.3, -0.25) is 0 Å². The van der Waals surface area contributed by atoms with Crippen LogP contribution in [0.3, 0.4) is 0 Å². The van der Waals surface area contributed by atoms with Gasteiger partial charge in [-0.05, 0) is 56.2 Å². The molecule has 0 N–H and O–H groups in total. The van der Waals surface area contributed by atoms with Crippen molar-refractivity contribution in [3.05, 3.63) is 0 Å². The number of hydrogen-bond acceptors (Lipinski definition) is 1. The van der Waals surface area contributed by atoms with Crippen molar-refractivity contribution < 1.29 is 4.43 Å². The van der Waals surface area contributed by atoms with E-state index in [9.17, 15) is 0 Å². The van der Waals surface area contributed by atoms with Gasteiger partial charge in [0.2, 0.25) is 0 Å². The smallest absolute Gasteiger partial charge is 0.184 e. The van der Waals surface area contributed by atoms with Crippen molar-refractivity contribution in [2.75, 3.05) is 0 Å². The summed E-state index contributed by atoms with van der Waals surface area (Å²) in [5.41, 5.74) is 0. The van der Waals surface area contributed by atoms with Crippen molar-refractivity contribution in [1.29, 1.82) is 0 Å². The van der Waals surface area contributed by atoms with Crippen molar-refractivity contribution in [3.63, 3.8) is 0 Å². The van der Waals surface area contributed by atoms with Crippen LogP contribution in [-0.2, 0) is 4.43 Å². The Balaban J connectivity index is 2.82. The molecule has 0 aromatic heterocycles. The average Bonchev–Trinajstić information content (AvgIpc) is 2.68. The van der Waals surface area contributed by atoms with Gasteiger partial charge in [-0.2, -0.15) is 0 Å². The highest BCUT2D eigenvalue weighted by Gasteiger charge is 2.42. The zero-order valence-corrected chi connectivity index (χ0v) is 14.6.